The Morgan fingerprint density at radius 1 is 1.19 bits per heavy atom. The van der Waals surface area contributed by atoms with Crippen LogP contribution in [0.15, 0.2) is 48.5 Å². The number of amides is 1. The van der Waals surface area contributed by atoms with Crippen molar-refractivity contribution in [2.24, 2.45) is 0 Å². The highest BCUT2D eigenvalue weighted by Crippen LogP contribution is 2.26. The Balaban J connectivity index is 1.66. The second kappa shape index (κ2) is 8.43. The highest BCUT2D eigenvalue weighted by atomic mass is 32.2. The van der Waals surface area contributed by atoms with Gasteiger partial charge >= 0.3 is 0 Å². The third-order valence-corrected chi connectivity index (χ3v) is 6.24. The van der Waals surface area contributed by atoms with Crippen molar-refractivity contribution < 1.29 is 17.9 Å². The summed E-state index contributed by atoms with van der Waals surface area (Å²) in [6.45, 7) is 3.23. The van der Waals surface area contributed by atoms with Gasteiger partial charge in [0.15, 0.2) is 0 Å². The first kappa shape index (κ1) is 19.2. The van der Waals surface area contributed by atoms with Crippen LogP contribution >= 0.6 is 0 Å². The summed E-state index contributed by atoms with van der Waals surface area (Å²) in [5.74, 6) is 0.647. The fraction of sp³-hybridized carbons (Fsp3) is 0.350. The number of hydrogen-bond donors (Lipinski definition) is 1. The lowest BCUT2D eigenvalue weighted by atomic mass is 10.2. The van der Waals surface area contributed by atoms with Gasteiger partial charge in [0, 0.05) is 17.8 Å². The molecule has 0 spiro atoms. The molecule has 2 aromatic rings. The van der Waals surface area contributed by atoms with Crippen LogP contribution in [0.2, 0.25) is 0 Å². The van der Waals surface area contributed by atoms with Gasteiger partial charge in [0.05, 0.1) is 18.0 Å². The predicted octanol–water partition coefficient (Wildman–Crippen LogP) is 3.66. The summed E-state index contributed by atoms with van der Waals surface area (Å²) in [5, 5.41) is 2.82. The van der Waals surface area contributed by atoms with Crippen LogP contribution in [0.4, 0.5) is 11.4 Å². The summed E-state index contributed by atoms with van der Waals surface area (Å²) in [4.78, 5) is 12.5. The van der Waals surface area contributed by atoms with Crippen molar-refractivity contribution in [1.29, 1.82) is 0 Å². The van der Waals surface area contributed by atoms with E-state index in [1.807, 2.05) is 0 Å². The number of carbonyl (C=O) groups is 1. The standard InChI is InChI=1S/C20H24N2O4S/c1-2-3-13-26-19-10-8-16(9-11-19)20(23)21-17-6-4-7-18(15-17)22-12-5-14-27(22,24)25/h4,6-11,15H,2-3,5,12-14H2,1H3,(H,21,23). The molecule has 0 bridgehead atoms. The van der Waals surface area contributed by atoms with Gasteiger partial charge in [0.25, 0.3) is 5.91 Å². The molecule has 0 radical (unpaired) electrons. The molecule has 0 aliphatic carbocycles. The fourth-order valence-corrected chi connectivity index (χ4v) is 4.46. The first-order valence-electron chi connectivity index (χ1n) is 9.14. The van der Waals surface area contributed by atoms with Crippen molar-refractivity contribution in [2.75, 3.05) is 28.5 Å². The minimum Gasteiger partial charge on any atom is -0.494 e. The first-order valence-corrected chi connectivity index (χ1v) is 10.8. The van der Waals surface area contributed by atoms with E-state index in [9.17, 15) is 13.2 Å². The SMILES string of the molecule is CCCCOc1ccc(C(=O)Nc2cccc(N3CCCS3(=O)=O)c2)cc1. The van der Waals surface area contributed by atoms with E-state index in [1.54, 1.807) is 48.5 Å². The predicted molar refractivity (Wildman–Crippen MR) is 107 cm³/mol. The third kappa shape index (κ3) is 4.80. The molecule has 0 unspecified atom stereocenters. The number of nitrogens with one attached hydrogen (secondary N) is 1. The van der Waals surface area contributed by atoms with Crippen molar-refractivity contribution in [3.63, 3.8) is 0 Å². The zero-order chi connectivity index (χ0) is 19.3. The molecule has 1 amide bonds. The summed E-state index contributed by atoms with van der Waals surface area (Å²) in [5.41, 5.74) is 1.64. The molecule has 6 nitrogen and oxygen atoms in total. The molecule has 7 heteroatoms. The van der Waals surface area contributed by atoms with E-state index in [2.05, 4.69) is 12.2 Å². The van der Waals surface area contributed by atoms with Gasteiger partial charge in [-0.05, 0) is 55.3 Å². The maximum Gasteiger partial charge on any atom is 0.255 e. The molecular formula is C20H24N2O4S. The molecule has 1 N–H and O–H groups in total. The maximum atomic E-state index is 12.5. The van der Waals surface area contributed by atoms with Crippen molar-refractivity contribution in [3.8, 4) is 5.75 Å². The summed E-state index contributed by atoms with van der Waals surface area (Å²) in [7, 11) is -3.25. The minimum absolute atomic E-state index is 0.163. The average Bonchev–Trinajstić information content (AvgIpc) is 3.02. The fourth-order valence-electron chi connectivity index (χ4n) is 2.91. The number of ether oxygens (including phenoxy) is 1. The molecule has 1 aliphatic rings. The van der Waals surface area contributed by atoms with Crippen LogP contribution in [0, 0.1) is 0 Å². The second-order valence-corrected chi connectivity index (χ2v) is 8.49. The lowest BCUT2D eigenvalue weighted by molar-refractivity contribution is 0.102. The quantitative estimate of drug-likeness (QED) is 0.735. The van der Waals surface area contributed by atoms with E-state index < -0.39 is 10.0 Å². The van der Waals surface area contributed by atoms with Crippen LogP contribution in [0.5, 0.6) is 5.75 Å². The molecular weight excluding hydrogens is 364 g/mol. The Bertz CT molecular complexity index is 894. The molecule has 3 rings (SSSR count). The molecule has 2 aromatic carbocycles. The largest absolute Gasteiger partial charge is 0.494 e. The van der Waals surface area contributed by atoms with Gasteiger partial charge in [-0.25, -0.2) is 8.42 Å². The minimum atomic E-state index is -3.25. The molecule has 27 heavy (non-hydrogen) atoms. The van der Waals surface area contributed by atoms with Crippen LogP contribution in [0.3, 0.4) is 0 Å². The van der Waals surface area contributed by atoms with Gasteiger partial charge in [0.2, 0.25) is 10.0 Å². The summed E-state index contributed by atoms with van der Waals surface area (Å²) < 4.78 is 31.1. The molecule has 0 atom stereocenters. The van der Waals surface area contributed by atoms with Gasteiger partial charge in [-0.1, -0.05) is 19.4 Å². The number of nitrogens with zero attached hydrogens (tertiary/aromatic N) is 1. The second-order valence-electron chi connectivity index (χ2n) is 6.47. The van der Waals surface area contributed by atoms with Crippen molar-refractivity contribution in [1.82, 2.24) is 0 Å². The number of hydrogen-bond acceptors (Lipinski definition) is 4. The van der Waals surface area contributed by atoms with Crippen molar-refractivity contribution in [2.45, 2.75) is 26.2 Å². The molecule has 144 valence electrons. The Labute approximate surface area is 160 Å². The number of sulfonamides is 1. The smallest absolute Gasteiger partial charge is 0.255 e. The van der Waals surface area contributed by atoms with Crippen LogP contribution in [-0.2, 0) is 10.0 Å². The van der Waals surface area contributed by atoms with E-state index in [4.69, 9.17) is 4.74 Å². The zero-order valence-corrected chi connectivity index (χ0v) is 16.2. The van der Waals surface area contributed by atoms with Gasteiger partial charge in [-0.2, -0.15) is 0 Å². The third-order valence-electron chi connectivity index (χ3n) is 4.37. The van der Waals surface area contributed by atoms with Gasteiger partial charge < -0.3 is 10.1 Å². The summed E-state index contributed by atoms with van der Waals surface area (Å²) in [6.07, 6.45) is 2.68. The highest BCUT2D eigenvalue weighted by Gasteiger charge is 2.28. The van der Waals surface area contributed by atoms with E-state index in [0.29, 0.717) is 36.5 Å². The van der Waals surface area contributed by atoms with Crippen LogP contribution in [0.25, 0.3) is 0 Å². The average molecular weight is 388 g/mol. The number of carbonyl (C=O) groups excluding carboxylic acids is 1. The Kier molecular flexibility index (Phi) is 6.01. The van der Waals surface area contributed by atoms with E-state index in [1.165, 1.54) is 4.31 Å². The highest BCUT2D eigenvalue weighted by molar-refractivity contribution is 7.93. The Morgan fingerprint density at radius 3 is 2.63 bits per heavy atom. The molecule has 1 heterocycles. The van der Waals surface area contributed by atoms with Gasteiger partial charge in [-0.3, -0.25) is 9.10 Å². The zero-order valence-electron chi connectivity index (χ0n) is 15.3. The van der Waals surface area contributed by atoms with E-state index in [-0.39, 0.29) is 11.7 Å². The van der Waals surface area contributed by atoms with Gasteiger partial charge in [0.1, 0.15) is 5.75 Å². The van der Waals surface area contributed by atoms with Crippen LogP contribution < -0.4 is 14.4 Å². The van der Waals surface area contributed by atoms with Crippen molar-refractivity contribution in [3.05, 3.63) is 54.1 Å². The number of unbranched alkanes of at least 4 members (excludes halogenated alkanes) is 1. The van der Waals surface area contributed by atoms with Crippen LogP contribution in [0.1, 0.15) is 36.5 Å². The number of benzene rings is 2. The number of rotatable bonds is 7. The molecule has 1 fully saturated rings. The normalized spacial score (nSPS) is 15.5. The van der Waals surface area contributed by atoms with E-state index in [0.717, 1.165) is 18.6 Å². The first-order chi connectivity index (χ1) is 13.0. The molecule has 1 saturated heterocycles. The topological polar surface area (TPSA) is 75.7 Å². The number of anilines is 2. The molecule has 0 saturated carbocycles. The maximum absolute atomic E-state index is 12.5. The molecule has 0 aromatic heterocycles. The Hall–Kier alpha value is -2.54. The van der Waals surface area contributed by atoms with Crippen molar-refractivity contribution >= 4 is 27.3 Å². The van der Waals surface area contributed by atoms with Crippen LogP contribution in [-0.4, -0.2) is 33.2 Å². The molecule has 1 aliphatic heterocycles. The summed E-state index contributed by atoms with van der Waals surface area (Å²) >= 11 is 0. The lowest BCUT2D eigenvalue weighted by Crippen LogP contribution is -2.25. The Morgan fingerprint density at radius 2 is 1.96 bits per heavy atom. The van der Waals surface area contributed by atoms with Gasteiger partial charge in [-0.15, -0.1) is 0 Å². The lowest BCUT2D eigenvalue weighted by Gasteiger charge is -2.17. The van der Waals surface area contributed by atoms with E-state index >= 15 is 0 Å². The summed E-state index contributed by atoms with van der Waals surface area (Å²) in [6, 6.07) is 13.9. The monoisotopic (exact) mass is 388 g/mol.